The van der Waals surface area contributed by atoms with Gasteiger partial charge < -0.3 is 9.88 Å². The number of anilines is 1. The number of Topliss-reactive ketones (excluding diaryl/α,β-unsaturated/α-hetero) is 2. The van der Waals surface area contributed by atoms with Crippen molar-refractivity contribution in [1.29, 1.82) is 0 Å². The number of aromatic nitrogens is 1. The smallest absolute Gasteiger partial charge is 0.183 e. The lowest BCUT2D eigenvalue weighted by molar-refractivity contribution is 0.100. The van der Waals surface area contributed by atoms with Gasteiger partial charge in [-0.3, -0.25) is 9.59 Å². The van der Waals surface area contributed by atoms with Crippen molar-refractivity contribution >= 4 is 17.3 Å². The molecular formula is C21H26N2O2. The van der Waals surface area contributed by atoms with Gasteiger partial charge in [0.05, 0.1) is 6.54 Å². The van der Waals surface area contributed by atoms with Gasteiger partial charge in [0.25, 0.3) is 0 Å². The summed E-state index contributed by atoms with van der Waals surface area (Å²) in [6.07, 6.45) is 4.97. The van der Waals surface area contributed by atoms with Crippen LogP contribution in [0.4, 0.5) is 5.69 Å². The van der Waals surface area contributed by atoms with Crippen LogP contribution in [-0.4, -0.2) is 22.7 Å². The van der Waals surface area contributed by atoms with Crippen molar-refractivity contribution in [1.82, 2.24) is 4.57 Å². The van der Waals surface area contributed by atoms with Crippen LogP contribution in [0.5, 0.6) is 0 Å². The molecule has 1 aromatic heterocycles. The summed E-state index contributed by atoms with van der Waals surface area (Å²) in [7, 11) is 0. The highest BCUT2D eigenvalue weighted by Crippen LogP contribution is 2.33. The molecule has 1 saturated carbocycles. The summed E-state index contributed by atoms with van der Waals surface area (Å²) in [4.78, 5) is 24.2. The number of benzene rings is 1. The fourth-order valence-electron chi connectivity index (χ4n) is 3.91. The second kappa shape index (κ2) is 7.26. The monoisotopic (exact) mass is 338 g/mol. The van der Waals surface area contributed by atoms with E-state index in [4.69, 9.17) is 0 Å². The molecule has 1 heterocycles. The van der Waals surface area contributed by atoms with Gasteiger partial charge in [-0.1, -0.05) is 25.0 Å². The van der Waals surface area contributed by atoms with Gasteiger partial charge in [0.1, 0.15) is 0 Å². The zero-order chi connectivity index (χ0) is 18.0. The SMILES string of the molecule is CC(=O)c1cccc(NCC(=O)c2cc(C)n(C3CCCC3)c2C)c1. The molecule has 0 spiro atoms. The number of aryl methyl sites for hydroxylation is 1. The van der Waals surface area contributed by atoms with Crippen LogP contribution < -0.4 is 5.32 Å². The summed E-state index contributed by atoms with van der Waals surface area (Å²) in [6.45, 7) is 5.92. The maximum absolute atomic E-state index is 12.7. The van der Waals surface area contributed by atoms with Crippen molar-refractivity contribution in [2.45, 2.75) is 52.5 Å². The van der Waals surface area contributed by atoms with Gasteiger partial charge in [-0.25, -0.2) is 0 Å². The largest absolute Gasteiger partial charge is 0.378 e. The summed E-state index contributed by atoms with van der Waals surface area (Å²) in [5.74, 6) is 0.112. The number of nitrogens with zero attached hydrogens (tertiary/aromatic N) is 1. The molecule has 4 heteroatoms. The number of hydrogen-bond acceptors (Lipinski definition) is 3. The molecule has 0 amide bonds. The Morgan fingerprint density at radius 1 is 1.16 bits per heavy atom. The third kappa shape index (κ3) is 3.68. The van der Waals surface area contributed by atoms with Crippen LogP contribution in [-0.2, 0) is 0 Å². The molecular weight excluding hydrogens is 312 g/mol. The second-order valence-corrected chi connectivity index (χ2v) is 7.01. The molecule has 1 fully saturated rings. The first kappa shape index (κ1) is 17.5. The van der Waals surface area contributed by atoms with Crippen molar-refractivity contribution in [2.75, 3.05) is 11.9 Å². The Bertz CT molecular complexity index is 798. The van der Waals surface area contributed by atoms with Crippen molar-refractivity contribution in [3.63, 3.8) is 0 Å². The van der Waals surface area contributed by atoms with E-state index < -0.39 is 0 Å². The van der Waals surface area contributed by atoms with Crippen molar-refractivity contribution in [2.24, 2.45) is 0 Å². The minimum absolute atomic E-state index is 0.0232. The van der Waals surface area contributed by atoms with Crippen LogP contribution in [0.3, 0.4) is 0 Å². The quantitative estimate of drug-likeness (QED) is 0.776. The average Bonchev–Trinajstić information content (AvgIpc) is 3.20. The summed E-state index contributed by atoms with van der Waals surface area (Å²) in [6, 6.07) is 9.84. The first-order valence-corrected chi connectivity index (χ1v) is 9.04. The first-order valence-electron chi connectivity index (χ1n) is 9.04. The van der Waals surface area contributed by atoms with Crippen LogP contribution in [0.2, 0.25) is 0 Å². The van der Waals surface area contributed by atoms with Crippen molar-refractivity contribution < 1.29 is 9.59 Å². The third-order valence-electron chi connectivity index (χ3n) is 5.20. The van der Waals surface area contributed by atoms with Gasteiger partial charge in [0, 0.05) is 34.2 Å². The topological polar surface area (TPSA) is 51.1 Å². The van der Waals surface area contributed by atoms with E-state index in [1.807, 2.05) is 18.2 Å². The van der Waals surface area contributed by atoms with Gasteiger partial charge in [0.2, 0.25) is 0 Å². The Morgan fingerprint density at radius 3 is 2.56 bits per heavy atom. The zero-order valence-corrected chi connectivity index (χ0v) is 15.3. The van der Waals surface area contributed by atoms with E-state index in [0.717, 1.165) is 16.9 Å². The summed E-state index contributed by atoms with van der Waals surface area (Å²) >= 11 is 0. The maximum Gasteiger partial charge on any atom is 0.183 e. The highest BCUT2D eigenvalue weighted by atomic mass is 16.1. The van der Waals surface area contributed by atoms with Crippen molar-refractivity contribution in [3.05, 3.63) is 52.8 Å². The second-order valence-electron chi connectivity index (χ2n) is 7.01. The molecule has 1 aromatic carbocycles. The number of rotatable bonds is 6. The van der Waals surface area contributed by atoms with E-state index in [2.05, 4.69) is 23.7 Å². The van der Waals surface area contributed by atoms with E-state index in [0.29, 0.717) is 11.6 Å². The number of nitrogens with one attached hydrogen (secondary N) is 1. The predicted molar refractivity (Wildman–Crippen MR) is 101 cm³/mol. The van der Waals surface area contributed by atoms with E-state index in [1.165, 1.54) is 31.4 Å². The van der Waals surface area contributed by atoms with E-state index in [1.54, 1.807) is 19.1 Å². The average molecular weight is 338 g/mol. The minimum Gasteiger partial charge on any atom is -0.378 e. The summed E-state index contributed by atoms with van der Waals surface area (Å²) in [5.41, 5.74) is 4.50. The van der Waals surface area contributed by atoms with Gasteiger partial charge in [-0.05, 0) is 51.8 Å². The number of ketones is 2. The van der Waals surface area contributed by atoms with Gasteiger partial charge in [-0.2, -0.15) is 0 Å². The molecule has 1 N–H and O–H groups in total. The summed E-state index contributed by atoms with van der Waals surface area (Å²) < 4.78 is 2.34. The third-order valence-corrected chi connectivity index (χ3v) is 5.20. The predicted octanol–water partition coefficient (Wildman–Crippen LogP) is 4.72. The van der Waals surface area contributed by atoms with Crippen molar-refractivity contribution in [3.8, 4) is 0 Å². The molecule has 25 heavy (non-hydrogen) atoms. The standard InChI is InChI=1S/C21H26N2O2/c1-14-11-20(15(2)23(14)19-9-4-5-10-19)21(25)13-22-18-8-6-7-17(12-18)16(3)24/h6-8,11-12,19,22H,4-5,9-10,13H2,1-3H3. The Balaban J connectivity index is 1.72. The van der Waals surface area contributed by atoms with Gasteiger partial charge in [0.15, 0.2) is 11.6 Å². The molecule has 0 unspecified atom stereocenters. The molecule has 1 aliphatic carbocycles. The lowest BCUT2D eigenvalue weighted by atomic mass is 10.1. The summed E-state index contributed by atoms with van der Waals surface area (Å²) in [5, 5.41) is 3.15. The fourth-order valence-corrected chi connectivity index (χ4v) is 3.91. The molecule has 4 nitrogen and oxygen atoms in total. The Hall–Kier alpha value is -2.36. The normalized spacial score (nSPS) is 14.7. The van der Waals surface area contributed by atoms with Gasteiger partial charge >= 0.3 is 0 Å². The maximum atomic E-state index is 12.7. The number of carbonyl (C=O) groups excluding carboxylic acids is 2. The molecule has 0 bridgehead atoms. The molecule has 132 valence electrons. The lowest BCUT2D eigenvalue weighted by Crippen LogP contribution is -2.16. The van der Waals surface area contributed by atoms with Crippen LogP contribution in [0.15, 0.2) is 30.3 Å². The highest BCUT2D eigenvalue weighted by Gasteiger charge is 2.23. The van der Waals surface area contributed by atoms with E-state index in [-0.39, 0.29) is 18.1 Å². The van der Waals surface area contributed by atoms with Crippen LogP contribution in [0.1, 0.15) is 70.8 Å². The molecule has 1 aliphatic rings. The lowest BCUT2D eigenvalue weighted by Gasteiger charge is -2.17. The number of carbonyl (C=O) groups is 2. The number of hydrogen-bond donors (Lipinski definition) is 1. The molecule has 0 atom stereocenters. The van der Waals surface area contributed by atoms with Crippen LogP contribution in [0.25, 0.3) is 0 Å². The first-order chi connectivity index (χ1) is 12.0. The van der Waals surface area contributed by atoms with Crippen LogP contribution in [0, 0.1) is 13.8 Å². The Kier molecular flexibility index (Phi) is 5.07. The Labute approximate surface area is 149 Å². The highest BCUT2D eigenvalue weighted by molar-refractivity contribution is 6.00. The Morgan fingerprint density at radius 2 is 1.88 bits per heavy atom. The molecule has 0 saturated heterocycles. The molecule has 2 aromatic rings. The van der Waals surface area contributed by atoms with Crippen LogP contribution >= 0.6 is 0 Å². The van der Waals surface area contributed by atoms with E-state index >= 15 is 0 Å². The van der Waals surface area contributed by atoms with E-state index in [9.17, 15) is 9.59 Å². The molecule has 0 aliphatic heterocycles. The molecule has 0 radical (unpaired) electrons. The van der Waals surface area contributed by atoms with Gasteiger partial charge in [-0.15, -0.1) is 0 Å². The fraction of sp³-hybridized carbons (Fsp3) is 0.429. The minimum atomic E-state index is 0.0232. The zero-order valence-electron chi connectivity index (χ0n) is 15.3. The molecule has 3 rings (SSSR count).